The van der Waals surface area contributed by atoms with Gasteiger partial charge >= 0.3 is 13.7 Å². The maximum atomic E-state index is 15.1. The number of ether oxygens (including phenoxy) is 1. The monoisotopic (exact) mass is 425 g/mol. The molecule has 0 bridgehead atoms. The highest BCUT2D eigenvalue weighted by Crippen LogP contribution is 2.46. The van der Waals surface area contributed by atoms with Gasteiger partial charge in [0.25, 0.3) is 11.8 Å². The number of aliphatic carboxylic acids is 1. The van der Waals surface area contributed by atoms with Crippen LogP contribution in [-0.4, -0.2) is 73.4 Å². The van der Waals surface area contributed by atoms with E-state index in [2.05, 4.69) is 16.4 Å². The molecule has 12 nitrogen and oxygen atoms in total. The van der Waals surface area contributed by atoms with Gasteiger partial charge in [0.15, 0.2) is 6.23 Å². The zero-order valence-corrected chi connectivity index (χ0v) is 15.8. The average Bonchev–Trinajstić information content (AvgIpc) is 2.74. The molecular formula is C14H21FN3O9P. The third-order valence-electron chi connectivity index (χ3n) is 4.15. The minimum absolute atomic E-state index is 0.0695. The Morgan fingerprint density at radius 1 is 1.64 bits per heavy atom. The smallest absolute Gasteiger partial charge is 0.403 e. The van der Waals surface area contributed by atoms with Gasteiger partial charge < -0.3 is 35.2 Å². The fourth-order valence-corrected chi connectivity index (χ4v) is 3.64. The number of carboxylic acid groups (broad SMARTS) is 1. The Hall–Kier alpha value is -1.86. The minimum Gasteiger partial charge on any atom is -0.480 e. The summed E-state index contributed by atoms with van der Waals surface area (Å²) < 4.78 is 36.6. The number of carbonyl (C=O) groups excluding carboxylic acids is 1. The Morgan fingerprint density at radius 3 is 2.79 bits per heavy atom. The van der Waals surface area contributed by atoms with Crippen molar-refractivity contribution in [2.75, 3.05) is 6.61 Å². The molecule has 0 aromatic carbocycles. The van der Waals surface area contributed by atoms with Gasteiger partial charge in [-0.2, -0.15) is 0 Å². The number of nitrogens with zero attached hydrogens (tertiary/aromatic N) is 1. The lowest BCUT2D eigenvalue weighted by atomic mass is 9.95. The number of aliphatic hydroxyl groups excluding tert-OH is 1. The van der Waals surface area contributed by atoms with Crippen molar-refractivity contribution in [2.24, 2.45) is 0 Å². The summed E-state index contributed by atoms with van der Waals surface area (Å²) in [6, 6.07) is -1.48. The molecule has 2 unspecified atom stereocenters. The molecule has 2 aliphatic heterocycles. The molecule has 2 rings (SSSR count). The van der Waals surface area contributed by atoms with Crippen LogP contribution in [0.15, 0.2) is 24.7 Å². The van der Waals surface area contributed by atoms with Crippen molar-refractivity contribution in [3.63, 3.8) is 0 Å². The maximum absolute atomic E-state index is 15.1. The number of aliphatic hydroxyl groups is 2. The van der Waals surface area contributed by atoms with Gasteiger partial charge in [0.05, 0.1) is 0 Å². The number of nitrogens with one attached hydrogen (secondary N) is 2. The van der Waals surface area contributed by atoms with E-state index >= 15 is 4.39 Å². The van der Waals surface area contributed by atoms with Crippen molar-refractivity contribution in [1.29, 1.82) is 0 Å². The summed E-state index contributed by atoms with van der Waals surface area (Å²) in [6.07, 6.45) is -1.62. The fraction of sp³-hybridized carbons (Fsp3) is 0.571. The van der Waals surface area contributed by atoms with Crippen LogP contribution in [-0.2, 0) is 23.4 Å². The minimum atomic E-state index is -4.78. The average molecular weight is 425 g/mol. The van der Waals surface area contributed by atoms with Gasteiger partial charge in [0.2, 0.25) is 0 Å². The third-order valence-corrected chi connectivity index (χ3v) is 5.34. The summed E-state index contributed by atoms with van der Waals surface area (Å²) in [4.78, 5) is 32.7. The van der Waals surface area contributed by atoms with Crippen molar-refractivity contribution in [2.45, 2.75) is 43.7 Å². The van der Waals surface area contributed by atoms with E-state index in [1.807, 2.05) is 0 Å². The van der Waals surface area contributed by atoms with E-state index < -0.39 is 56.1 Å². The highest BCUT2D eigenvalue weighted by Gasteiger charge is 2.64. The molecule has 28 heavy (non-hydrogen) atoms. The summed E-state index contributed by atoms with van der Waals surface area (Å²) >= 11 is 0. The summed E-state index contributed by atoms with van der Waals surface area (Å²) in [7, 11) is -4.78. The van der Waals surface area contributed by atoms with Crippen LogP contribution in [0.3, 0.4) is 0 Å². The van der Waals surface area contributed by atoms with Gasteiger partial charge in [-0.1, -0.05) is 6.58 Å². The first-order chi connectivity index (χ1) is 12.7. The SMILES string of the molecule is C=C1NC(=O)C=CN1[C@@H]1O[C@](F)(COP(=O)(O)NC(C)C(=O)O)[C@@H](O)[C@@]1(C)O. The van der Waals surface area contributed by atoms with Gasteiger partial charge in [0, 0.05) is 12.3 Å². The van der Waals surface area contributed by atoms with Crippen LogP contribution in [0.5, 0.6) is 0 Å². The standard InChI is InChI=1S/C14H21FN3O9P/c1-7(10(20)21)17-28(24,25)26-6-14(15)11(22)13(3,23)12(27-14)18-5-4-9(19)16-8(18)2/h4-5,7,11-12,22-23H,2,6H2,1,3H3,(H,16,19)(H,20,21)(H2,17,24,25)/t7?,11-,12+,13+,14+/m0/s1. The molecule has 1 fully saturated rings. The topological polar surface area (TPSA) is 178 Å². The van der Waals surface area contributed by atoms with Crippen molar-refractivity contribution in [1.82, 2.24) is 15.3 Å². The number of rotatable bonds is 7. The Bertz CT molecular complexity index is 760. The number of alkyl halides is 1. The van der Waals surface area contributed by atoms with Gasteiger partial charge in [-0.3, -0.25) is 14.1 Å². The van der Waals surface area contributed by atoms with E-state index in [4.69, 9.17) is 9.84 Å². The first-order valence-corrected chi connectivity index (χ1v) is 9.49. The van der Waals surface area contributed by atoms with Crippen LogP contribution < -0.4 is 10.4 Å². The highest BCUT2D eigenvalue weighted by atomic mass is 31.2. The molecule has 2 heterocycles. The Kier molecular flexibility index (Phi) is 6.02. The summed E-state index contributed by atoms with van der Waals surface area (Å²) in [6.45, 7) is 4.32. The van der Waals surface area contributed by atoms with Gasteiger partial charge in [-0.05, 0) is 13.8 Å². The molecule has 0 spiro atoms. The second-order valence-corrected chi connectivity index (χ2v) is 8.08. The number of hydrogen-bond donors (Lipinski definition) is 6. The summed E-state index contributed by atoms with van der Waals surface area (Å²) in [5.41, 5.74) is -2.26. The molecule has 0 saturated carbocycles. The van der Waals surface area contributed by atoms with Crippen molar-refractivity contribution >= 4 is 19.6 Å². The Balaban J connectivity index is 2.16. The van der Waals surface area contributed by atoms with Crippen LogP contribution in [0.25, 0.3) is 0 Å². The van der Waals surface area contributed by atoms with E-state index in [-0.39, 0.29) is 5.82 Å². The van der Waals surface area contributed by atoms with Crippen molar-refractivity contribution in [3.8, 4) is 0 Å². The number of carboxylic acids is 1. The molecule has 14 heteroatoms. The first-order valence-electron chi connectivity index (χ1n) is 7.91. The van der Waals surface area contributed by atoms with Gasteiger partial charge in [0.1, 0.15) is 30.2 Å². The second kappa shape index (κ2) is 7.52. The summed E-state index contributed by atoms with van der Waals surface area (Å²) in [5.74, 6) is -5.18. The number of halogens is 1. The van der Waals surface area contributed by atoms with Crippen molar-refractivity contribution < 1.29 is 48.0 Å². The largest absolute Gasteiger partial charge is 0.480 e. The summed E-state index contributed by atoms with van der Waals surface area (Å²) in [5, 5.41) is 33.5. The normalized spacial score (nSPS) is 36.1. The lowest BCUT2D eigenvalue weighted by molar-refractivity contribution is -0.206. The van der Waals surface area contributed by atoms with Crippen LogP contribution in [0.2, 0.25) is 0 Å². The Morgan fingerprint density at radius 2 is 2.25 bits per heavy atom. The van der Waals surface area contributed by atoms with Crippen LogP contribution in [0.4, 0.5) is 4.39 Å². The van der Waals surface area contributed by atoms with Gasteiger partial charge in [-0.15, -0.1) is 0 Å². The molecule has 1 saturated heterocycles. The van der Waals surface area contributed by atoms with Crippen LogP contribution in [0, 0.1) is 0 Å². The lowest BCUT2D eigenvalue weighted by Gasteiger charge is -2.36. The molecule has 0 radical (unpaired) electrons. The molecule has 0 aromatic heterocycles. The fourth-order valence-electron chi connectivity index (χ4n) is 2.61. The first kappa shape index (κ1) is 22.4. The maximum Gasteiger partial charge on any atom is 0.403 e. The lowest BCUT2D eigenvalue weighted by Crippen LogP contribution is -2.54. The second-order valence-electron chi connectivity index (χ2n) is 6.53. The predicted octanol–water partition coefficient (Wildman–Crippen LogP) is -1.28. The molecular weight excluding hydrogens is 404 g/mol. The van der Waals surface area contributed by atoms with E-state index in [9.17, 15) is 29.3 Å². The molecule has 0 aliphatic carbocycles. The van der Waals surface area contributed by atoms with Crippen LogP contribution >= 0.6 is 7.75 Å². The molecule has 158 valence electrons. The molecule has 6 N–H and O–H groups in total. The number of carbonyl (C=O) groups is 2. The third kappa shape index (κ3) is 4.41. The van der Waals surface area contributed by atoms with E-state index in [1.54, 1.807) is 5.09 Å². The molecule has 0 aromatic rings. The Labute approximate surface area is 158 Å². The van der Waals surface area contributed by atoms with E-state index in [1.165, 1.54) is 0 Å². The van der Waals surface area contributed by atoms with E-state index in [0.29, 0.717) is 0 Å². The number of amides is 1. The van der Waals surface area contributed by atoms with Gasteiger partial charge in [-0.25, -0.2) is 14.0 Å². The predicted molar refractivity (Wildman–Crippen MR) is 89.6 cm³/mol. The van der Waals surface area contributed by atoms with Crippen LogP contribution in [0.1, 0.15) is 13.8 Å². The zero-order chi connectivity index (χ0) is 21.5. The highest BCUT2D eigenvalue weighted by molar-refractivity contribution is 7.50. The molecule has 1 amide bonds. The van der Waals surface area contributed by atoms with E-state index in [0.717, 1.165) is 31.0 Å². The van der Waals surface area contributed by atoms with Crippen molar-refractivity contribution in [3.05, 3.63) is 24.7 Å². The quantitative estimate of drug-likeness (QED) is 0.268. The molecule has 2 aliphatic rings. The number of hydrogen-bond acceptors (Lipinski definition) is 8. The zero-order valence-electron chi connectivity index (χ0n) is 14.9. The molecule has 6 atom stereocenters.